The molecule has 1 heterocycles. The number of fused-ring (bicyclic) bond motifs is 1. The van der Waals surface area contributed by atoms with Gasteiger partial charge in [0.05, 0.1) is 0 Å². The summed E-state index contributed by atoms with van der Waals surface area (Å²) >= 11 is 7.62. The third-order valence-electron chi connectivity index (χ3n) is 5.11. The largest absolute Gasteiger partial charge is 0.368 e. The Bertz CT molecular complexity index is 1310. The van der Waals surface area contributed by atoms with Crippen molar-refractivity contribution >= 4 is 44.8 Å². The lowest BCUT2D eigenvalue weighted by Crippen LogP contribution is -2.42. The summed E-state index contributed by atoms with van der Waals surface area (Å²) in [5.74, 6) is -1.31. The monoisotopic (exact) mass is 466 g/mol. The Labute approximate surface area is 193 Å². The second kappa shape index (κ2) is 9.10. The zero-order valence-corrected chi connectivity index (χ0v) is 18.8. The Morgan fingerprint density at radius 3 is 2.62 bits per heavy atom. The molecule has 0 saturated carbocycles. The molecule has 1 atom stereocenters. The molecule has 4 nitrogen and oxygen atoms in total. The van der Waals surface area contributed by atoms with Gasteiger partial charge < -0.3 is 11.1 Å². The molecule has 4 rings (SSSR count). The molecular formula is C25H20ClFN2O2S. The minimum absolute atomic E-state index is 0.352. The van der Waals surface area contributed by atoms with Crippen LogP contribution in [-0.4, -0.2) is 17.9 Å². The number of hydrogen-bond acceptors (Lipinski definition) is 3. The van der Waals surface area contributed by atoms with Crippen molar-refractivity contribution in [3.63, 3.8) is 0 Å². The van der Waals surface area contributed by atoms with E-state index in [1.54, 1.807) is 42.5 Å². The number of carbonyl (C=O) groups is 2. The molecule has 1 aromatic heterocycles. The molecule has 32 heavy (non-hydrogen) atoms. The maximum absolute atomic E-state index is 13.7. The van der Waals surface area contributed by atoms with E-state index in [0.29, 0.717) is 17.0 Å². The summed E-state index contributed by atoms with van der Waals surface area (Å²) in [4.78, 5) is 24.8. The lowest BCUT2D eigenvalue weighted by atomic mass is 10.0. The number of benzene rings is 3. The fourth-order valence-electron chi connectivity index (χ4n) is 3.52. The summed E-state index contributed by atoms with van der Waals surface area (Å²) in [6.45, 7) is 1.55. The lowest BCUT2D eigenvalue weighted by Gasteiger charge is -2.11. The molecule has 3 aromatic carbocycles. The van der Waals surface area contributed by atoms with E-state index in [2.05, 4.69) is 11.4 Å². The first kappa shape index (κ1) is 22.0. The Morgan fingerprint density at radius 1 is 1.09 bits per heavy atom. The van der Waals surface area contributed by atoms with Crippen LogP contribution in [0.5, 0.6) is 0 Å². The lowest BCUT2D eigenvalue weighted by molar-refractivity contribution is -0.119. The zero-order valence-electron chi connectivity index (χ0n) is 17.2. The molecule has 7 heteroatoms. The van der Waals surface area contributed by atoms with Crippen LogP contribution in [0.2, 0.25) is 5.02 Å². The summed E-state index contributed by atoms with van der Waals surface area (Å²) in [7, 11) is 0. The van der Waals surface area contributed by atoms with Crippen molar-refractivity contribution in [3.8, 4) is 11.1 Å². The smallest absolute Gasteiger partial charge is 0.251 e. The van der Waals surface area contributed by atoms with Gasteiger partial charge in [0.2, 0.25) is 5.91 Å². The number of thiophene rings is 1. The van der Waals surface area contributed by atoms with E-state index in [9.17, 15) is 14.0 Å². The molecule has 162 valence electrons. The highest BCUT2D eigenvalue weighted by atomic mass is 35.5. The van der Waals surface area contributed by atoms with E-state index in [0.717, 1.165) is 31.7 Å². The van der Waals surface area contributed by atoms with Crippen molar-refractivity contribution in [2.75, 3.05) is 0 Å². The summed E-state index contributed by atoms with van der Waals surface area (Å²) in [6, 6.07) is 19.1. The number of halogens is 2. The highest BCUT2D eigenvalue weighted by Gasteiger charge is 2.15. The highest BCUT2D eigenvalue weighted by Crippen LogP contribution is 2.36. The fraction of sp³-hybridized carbons (Fsp3) is 0.120. The third-order valence-corrected chi connectivity index (χ3v) is 6.51. The van der Waals surface area contributed by atoms with Crippen molar-refractivity contribution in [2.24, 2.45) is 5.73 Å². The van der Waals surface area contributed by atoms with Crippen LogP contribution in [0.25, 0.3) is 21.2 Å². The van der Waals surface area contributed by atoms with Gasteiger partial charge in [-0.05, 0) is 65.4 Å². The van der Waals surface area contributed by atoms with Crippen molar-refractivity contribution in [1.29, 1.82) is 0 Å². The number of amides is 2. The molecule has 0 spiro atoms. The molecule has 0 aliphatic rings. The molecule has 0 radical (unpaired) electrons. The molecule has 4 aromatic rings. The predicted molar refractivity (Wildman–Crippen MR) is 128 cm³/mol. The normalized spacial score (nSPS) is 12.0. The highest BCUT2D eigenvalue weighted by molar-refractivity contribution is 7.19. The third kappa shape index (κ3) is 4.82. The van der Waals surface area contributed by atoms with Crippen molar-refractivity contribution in [3.05, 3.63) is 93.6 Å². The first-order valence-corrected chi connectivity index (χ1v) is 11.2. The van der Waals surface area contributed by atoms with Crippen LogP contribution in [-0.2, 0) is 11.2 Å². The number of rotatable bonds is 6. The van der Waals surface area contributed by atoms with E-state index in [-0.39, 0.29) is 11.7 Å². The predicted octanol–water partition coefficient (Wildman–Crippen LogP) is 5.56. The first-order chi connectivity index (χ1) is 15.3. The maximum atomic E-state index is 13.7. The summed E-state index contributed by atoms with van der Waals surface area (Å²) < 4.78 is 14.8. The quantitative estimate of drug-likeness (QED) is 0.390. The summed E-state index contributed by atoms with van der Waals surface area (Å²) in [6.07, 6.45) is 0.573. The molecule has 0 unspecified atom stereocenters. The minimum Gasteiger partial charge on any atom is -0.368 e. The Morgan fingerprint density at radius 2 is 1.88 bits per heavy atom. The molecule has 0 bridgehead atoms. The molecule has 0 fully saturated rings. The number of primary amides is 1. The Hall–Kier alpha value is -3.22. The molecular weight excluding hydrogens is 447 g/mol. The summed E-state index contributed by atoms with van der Waals surface area (Å²) in [5.41, 5.74) is 8.37. The second-order valence-corrected chi connectivity index (χ2v) is 9.14. The van der Waals surface area contributed by atoms with Gasteiger partial charge in [-0.2, -0.15) is 0 Å². The van der Waals surface area contributed by atoms with Crippen LogP contribution in [0, 0.1) is 5.82 Å². The van der Waals surface area contributed by atoms with E-state index < -0.39 is 11.9 Å². The van der Waals surface area contributed by atoms with Gasteiger partial charge in [0.25, 0.3) is 5.91 Å². The number of carbonyl (C=O) groups excluding carboxylic acids is 2. The number of nitrogens with two attached hydrogens (primary N) is 1. The van der Waals surface area contributed by atoms with Crippen LogP contribution in [0.4, 0.5) is 4.39 Å². The maximum Gasteiger partial charge on any atom is 0.251 e. The average Bonchev–Trinajstić information content (AvgIpc) is 3.15. The van der Waals surface area contributed by atoms with E-state index in [1.165, 1.54) is 12.1 Å². The molecule has 0 aliphatic heterocycles. The molecule has 0 saturated heterocycles. The van der Waals surface area contributed by atoms with Crippen LogP contribution in [0.1, 0.15) is 27.7 Å². The minimum atomic E-state index is -0.759. The Balaban J connectivity index is 1.66. The van der Waals surface area contributed by atoms with Crippen molar-refractivity contribution in [2.45, 2.75) is 19.4 Å². The topological polar surface area (TPSA) is 72.2 Å². The van der Waals surface area contributed by atoms with Gasteiger partial charge in [-0.25, -0.2) is 4.39 Å². The van der Waals surface area contributed by atoms with Gasteiger partial charge in [0, 0.05) is 26.6 Å². The van der Waals surface area contributed by atoms with Crippen LogP contribution in [0.3, 0.4) is 0 Å². The van der Waals surface area contributed by atoms with Gasteiger partial charge in [0.15, 0.2) is 0 Å². The number of hydrogen-bond donors (Lipinski definition) is 2. The van der Waals surface area contributed by atoms with Gasteiger partial charge in [-0.15, -0.1) is 11.3 Å². The molecule has 2 amide bonds. The van der Waals surface area contributed by atoms with Gasteiger partial charge >= 0.3 is 0 Å². The standard InChI is InChI=1S/C25H20ClFN2O2S/c1-14(24(28)30)29-25(31)18-6-2-4-16(11-18)22-7-3-5-17-12-21(32-23(17)22)10-15-8-19(26)13-20(27)9-15/h2-9,11-14H,10H2,1H3,(H2,28,30)(H,29,31)/t14-/m1/s1. The van der Waals surface area contributed by atoms with Gasteiger partial charge in [0.1, 0.15) is 11.9 Å². The van der Waals surface area contributed by atoms with Crippen LogP contribution in [0.15, 0.2) is 66.7 Å². The SMILES string of the molecule is C[C@@H](NC(=O)c1cccc(-c2cccc3cc(Cc4cc(F)cc(Cl)c4)sc23)c1)C(N)=O. The van der Waals surface area contributed by atoms with Gasteiger partial charge in [-0.1, -0.05) is 41.9 Å². The van der Waals surface area contributed by atoms with Crippen molar-refractivity contribution < 1.29 is 14.0 Å². The number of nitrogens with one attached hydrogen (secondary N) is 1. The van der Waals surface area contributed by atoms with Crippen LogP contribution >= 0.6 is 22.9 Å². The summed E-state index contributed by atoms with van der Waals surface area (Å²) in [5, 5.41) is 4.05. The van der Waals surface area contributed by atoms with E-state index in [1.807, 2.05) is 24.3 Å². The second-order valence-electron chi connectivity index (χ2n) is 7.57. The zero-order chi connectivity index (χ0) is 22.8. The molecule has 3 N–H and O–H groups in total. The van der Waals surface area contributed by atoms with Gasteiger partial charge in [-0.3, -0.25) is 9.59 Å². The first-order valence-electron chi connectivity index (χ1n) is 9.97. The van der Waals surface area contributed by atoms with Crippen LogP contribution < -0.4 is 11.1 Å². The average molecular weight is 467 g/mol. The van der Waals surface area contributed by atoms with E-state index >= 15 is 0 Å². The molecule has 0 aliphatic carbocycles. The Kier molecular flexibility index (Phi) is 6.26. The van der Waals surface area contributed by atoms with Crippen molar-refractivity contribution in [1.82, 2.24) is 5.32 Å². The fourth-order valence-corrected chi connectivity index (χ4v) is 5.00. The van der Waals surface area contributed by atoms with E-state index in [4.69, 9.17) is 17.3 Å².